The fourth-order valence-electron chi connectivity index (χ4n) is 4.18. The standard InChI is InChI=1S/C26H21FN2O4S/c1-17-5-11-22(12-6-17)34(32,33)29-24(19-9-7-18(16-28)8-10-19)14-13-23(26(30)31)25(29)20-3-2-4-21(27)15-20/h2-13,15,24-25H,14H2,1H3,(H,30,31)/t24-,25-/m0/s1. The Labute approximate surface area is 197 Å². The van der Waals surface area contributed by atoms with E-state index in [-0.39, 0.29) is 22.5 Å². The quantitative estimate of drug-likeness (QED) is 0.565. The number of carbonyl (C=O) groups is 1. The van der Waals surface area contributed by atoms with Crippen LogP contribution in [0.15, 0.2) is 89.3 Å². The molecule has 0 bridgehead atoms. The van der Waals surface area contributed by atoms with Gasteiger partial charge in [-0.25, -0.2) is 17.6 Å². The first-order chi connectivity index (χ1) is 16.2. The van der Waals surface area contributed by atoms with Crippen LogP contribution in [0.5, 0.6) is 0 Å². The predicted molar refractivity (Wildman–Crippen MR) is 124 cm³/mol. The molecule has 0 amide bonds. The smallest absolute Gasteiger partial charge is 0.333 e. The van der Waals surface area contributed by atoms with Crippen molar-refractivity contribution in [3.8, 4) is 6.07 Å². The molecule has 3 aromatic rings. The van der Waals surface area contributed by atoms with Gasteiger partial charge in [-0.2, -0.15) is 9.57 Å². The molecule has 0 spiro atoms. The summed E-state index contributed by atoms with van der Waals surface area (Å²) in [5.74, 6) is -1.88. The third kappa shape index (κ3) is 4.36. The number of nitrogens with zero attached hydrogens (tertiary/aromatic N) is 2. The van der Waals surface area contributed by atoms with Crippen LogP contribution < -0.4 is 0 Å². The SMILES string of the molecule is Cc1ccc(S(=O)(=O)N2[C@@H](c3cccc(F)c3)C(C(=O)O)=CC[C@H]2c2ccc(C#N)cc2)cc1. The van der Waals surface area contributed by atoms with Crippen LogP contribution in [0.25, 0.3) is 0 Å². The van der Waals surface area contributed by atoms with Gasteiger partial charge < -0.3 is 5.11 Å². The molecule has 0 aliphatic carbocycles. The van der Waals surface area contributed by atoms with E-state index in [1.165, 1.54) is 36.4 Å². The van der Waals surface area contributed by atoms with Gasteiger partial charge in [0.25, 0.3) is 0 Å². The Balaban J connectivity index is 1.97. The lowest BCUT2D eigenvalue weighted by Gasteiger charge is -2.40. The average Bonchev–Trinajstić information content (AvgIpc) is 2.83. The summed E-state index contributed by atoms with van der Waals surface area (Å²) in [6, 6.07) is 18.1. The van der Waals surface area contributed by atoms with E-state index in [4.69, 9.17) is 5.26 Å². The third-order valence-electron chi connectivity index (χ3n) is 5.85. The summed E-state index contributed by atoms with van der Waals surface area (Å²) in [5, 5.41) is 19.1. The molecule has 2 atom stereocenters. The zero-order valence-electron chi connectivity index (χ0n) is 18.2. The number of rotatable bonds is 5. The molecule has 0 saturated heterocycles. The Bertz CT molecular complexity index is 1410. The van der Waals surface area contributed by atoms with Gasteiger partial charge in [-0.05, 0) is 60.9 Å². The van der Waals surface area contributed by atoms with Gasteiger partial charge in [0.2, 0.25) is 10.0 Å². The molecule has 172 valence electrons. The second kappa shape index (κ2) is 9.21. The van der Waals surface area contributed by atoms with Crippen LogP contribution in [0, 0.1) is 24.1 Å². The molecule has 1 N–H and O–H groups in total. The molecule has 6 nitrogen and oxygen atoms in total. The van der Waals surface area contributed by atoms with E-state index >= 15 is 0 Å². The number of hydrogen-bond acceptors (Lipinski definition) is 4. The maximum absolute atomic E-state index is 14.2. The molecule has 1 heterocycles. The molecule has 34 heavy (non-hydrogen) atoms. The van der Waals surface area contributed by atoms with Crippen LogP contribution in [-0.2, 0) is 14.8 Å². The summed E-state index contributed by atoms with van der Waals surface area (Å²) in [6.07, 6.45) is 1.59. The maximum Gasteiger partial charge on any atom is 0.333 e. The van der Waals surface area contributed by atoms with Crippen molar-refractivity contribution >= 4 is 16.0 Å². The van der Waals surface area contributed by atoms with E-state index in [0.717, 1.165) is 15.9 Å². The average molecular weight is 477 g/mol. The summed E-state index contributed by atoms with van der Waals surface area (Å²) in [5.41, 5.74) is 1.94. The van der Waals surface area contributed by atoms with Crippen molar-refractivity contribution in [2.24, 2.45) is 0 Å². The van der Waals surface area contributed by atoms with Gasteiger partial charge in [-0.3, -0.25) is 0 Å². The van der Waals surface area contributed by atoms with E-state index in [0.29, 0.717) is 11.1 Å². The number of halogens is 1. The highest BCUT2D eigenvalue weighted by Gasteiger charge is 2.44. The van der Waals surface area contributed by atoms with Crippen LogP contribution in [0.1, 0.15) is 40.8 Å². The number of aryl methyl sites for hydroxylation is 1. The number of carboxylic acids is 1. The lowest BCUT2D eigenvalue weighted by atomic mass is 9.89. The van der Waals surface area contributed by atoms with Gasteiger partial charge in [0.1, 0.15) is 5.82 Å². The van der Waals surface area contributed by atoms with Crippen LogP contribution in [0.2, 0.25) is 0 Å². The van der Waals surface area contributed by atoms with E-state index in [1.54, 1.807) is 36.4 Å². The molecular formula is C26H21FN2O4S. The number of sulfonamides is 1. The molecule has 0 saturated carbocycles. The zero-order chi connectivity index (χ0) is 24.5. The molecule has 0 fully saturated rings. The molecule has 0 unspecified atom stereocenters. The number of nitriles is 1. The second-order valence-electron chi connectivity index (χ2n) is 8.06. The van der Waals surface area contributed by atoms with Crippen LogP contribution >= 0.6 is 0 Å². The topological polar surface area (TPSA) is 98.5 Å². The van der Waals surface area contributed by atoms with Crippen molar-refractivity contribution in [3.05, 3.63) is 113 Å². The van der Waals surface area contributed by atoms with Gasteiger partial charge >= 0.3 is 5.97 Å². The summed E-state index contributed by atoms with van der Waals surface area (Å²) in [4.78, 5) is 12.2. The van der Waals surface area contributed by atoms with Gasteiger partial charge in [0.05, 0.1) is 34.2 Å². The Morgan fingerprint density at radius 3 is 2.32 bits per heavy atom. The second-order valence-corrected chi connectivity index (χ2v) is 9.90. The van der Waals surface area contributed by atoms with Gasteiger partial charge in [0, 0.05) is 0 Å². The van der Waals surface area contributed by atoms with Crippen LogP contribution in [-0.4, -0.2) is 23.8 Å². The van der Waals surface area contributed by atoms with Crippen molar-refractivity contribution < 1.29 is 22.7 Å². The van der Waals surface area contributed by atoms with Gasteiger partial charge in [-0.15, -0.1) is 0 Å². The van der Waals surface area contributed by atoms with Crippen molar-refractivity contribution in [1.29, 1.82) is 5.26 Å². The highest BCUT2D eigenvalue weighted by atomic mass is 32.2. The van der Waals surface area contributed by atoms with E-state index in [2.05, 4.69) is 0 Å². The molecule has 8 heteroatoms. The fraction of sp³-hybridized carbons (Fsp3) is 0.154. The molecule has 0 aromatic heterocycles. The van der Waals surface area contributed by atoms with Crippen LogP contribution in [0.3, 0.4) is 0 Å². The molecule has 1 aliphatic rings. The Morgan fingerprint density at radius 2 is 1.74 bits per heavy atom. The number of benzene rings is 3. The first-order valence-corrected chi connectivity index (χ1v) is 12.0. The highest BCUT2D eigenvalue weighted by Crippen LogP contribution is 2.45. The summed E-state index contributed by atoms with van der Waals surface area (Å²) < 4.78 is 43.3. The normalized spacial score (nSPS) is 18.7. The van der Waals surface area contributed by atoms with E-state index in [9.17, 15) is 22.7 Å². The van der Waals surface area contributed by atoms with E-state index in [1.807, 2.05) is 13.0 Å². The predicted octanol–water partition coefficient (Wildman–Crippen LogP) is 4.89. The molecule has 4 rings (SSSR count). The Hall–Kier alpha value is -3.80. The van der Waals surface area contributed by atoms with Crippen molar-refractivity contribution in [3.63, 3.8) is 0 Å². The van der Waals surface area contributed by atoms with Crippen molar-refractivity contribution in [2.75, 3.05) is 0 Å². The first kappa shape index (κ1) is 23.4. The van der Waals surface area contributed by atoms with Crippen molar-refractivity contribution in [2.45, 2.75) is 30.3 Å². The lowest BCUT2D eigenvalue weighted by Crippen LogP contribution is -2.42. The minimum Gasteiger partial charge on any atom is -0.478 e. The Kier molecular flexibility index (Phi) is 6.33. The van der Waals surface area contributed by atoms with Crippen LogP contribution in [0.4, 0.5) is 4.39 Å². The minimum absolute atomic E-state index is 0.00443. The lowest BCUT2D eigenvalue weighted by molar-refractivity contribution is -0.133. The van der Waals surface area contributed by atoms with Gasteiger partial charge in [0.15, 0.2) is 0 Å². The monoisotopic (exact) mass is 476 g/mol. The van der Waals surface area contributed by atoms with Gasteiger partial charge in [-0.1, -0.05) is 48.0 Å². The molecule has 0 radical (unpaired) electrons. The third-order valence-corrected chi connectivity index (χ3v) is 7.74. The highest BCUT2D eigenvalue weighted by molar-refractivity contribution is 7.89. The first-order valence-electron chi connectivity index (χ1n) is 10.5. The number of carboxylic acid groups (broad SMARTS) is 1. The molecule has 3 aromatic carbocycles. The zero-order valence-corrected chi connectivity index (χ0v) is 19.0. The Morgan fingerprint density at radius 1 is 1.06 bits per heavy atom. The summed E-state index contributed by atoms with van der Waals surface area (Å²) in [7, 11) is -4.23. The summed E-state index contributed by atoms with van der Waals surface area (Å²) >= 11 is 0. The van der Waals surface area contributed by atoms with E-state index < -0.39 is 33.9 Å². The number of hydrogen-bond donors (Lipinski definition) is 1. The maximum atomic E-state index is 14.2. The largest absolute Gasteiger partial charge is 0.478 e. The number of aliphatic carboxylic acids is 1. The molecule has 1 aliphatic heterocycles. The summed E-state index contributed by atoms with van der Waals surface area (Å²) in [6.45, 7) is 1.83. The fourth-order valence-corrected chi connectivity index (χ4v) is 5.96. The minimum atomic E-state index is -4.23. The van der Waals surface area contributed by atoms with Crippen molar-refractivity contribution in [1.82, 2.24) is 4.31 Å². The molecular weight excluding hydrogens is 455 g/mol.